The number of nitrogens with zero attached hydrogens (tertiary/aromatic N) is 3. The second-order valence-electron chi connectivity index (χ2n) is 7.73. The first-order valence-corrected chi connectivity index (χ1v) is 10.5. The first-order valence-electron chi connectivity index (χ1n) is 10.5. The number of hydrogen-bond acceptors (Lipinski definition) is 4. The number of aliphatic imine (C=N–C) groups is 1. The minimum absolute atomic E-state index is 0.00502. The molecule has 8 nitrogen and oxygen atoms in total. The van der Waals surface area contributed by atoms with E-state index in [1.54, 1.807) is 40.1 Å². The molecule has 2 amide bonds. The average molecular weight is 440 g/mol. The Balaban J connectivity index is 1.83. The topological polar surface area (TPSA) is 86.3 Å². The van der Waals surface area contributed by atoms with Gasteiger partial charge in [-0.2, -0.15) is 0 Å². The number of guanidine groups is 1. The average Bonchev–Trinajstić information content (AvgIpc) is 2.79. The van der Waals surface area contributed by atoms with Gasteiger partial charge >= 0.3 is 0 Å². The predicted molar refractivity (Wildman–Crippen MR) is 127 cm³/mol. The molecule has 0 aromatic heterocycles. The highest BCUT2D eigenvalue weighted by molar-refractivity contribution is 5.94. The molecule has 2 aromatic rings. The van der Waals surface area contributed by atoms with Gasteiger partial charge in [0.2, 0.25) is 0 Å². The van der Waals surface area contributed by atoms with Crippen molar-refractivity contribution in [1.82, 2.24) is 20.4 Å². The van der Waals surface area contributed by atoms with E-state index in [9.17, 15) is 9.59 Å². The summed E-state index contributed by atoms with van der Waals surface area (Å²) in [5.41, 5.74) is 2.78. The summed E-state index contributed by atoms with van der Waals surface area (Å²) in [4.78, 5) is 31.1. The maximum atomic E-state index is 12.1. The van der Waals surface area contributed by atoms with Crippen molar-refractivity contribution in [3.05, 3.63) is 65.2 Å². The van der Waals surface area contributed by atoms with Crippen LogP contribution in [0.4, 0.5) is 0 Å². The van der Waals surface area contributed by atoms with E-state index in [1.807, 2.05) is 48.5 Å². The molecule has 0 aliphatic heterocycles. The summed E-state index contributed by atoms with van der Waals surface area (Å²) in [6.07, 6.45) is 0.762. The van der Waals surface area contributed by atoms with Crippen LogP contribution in [0.3, 0.4) is 0 Å². The monoisotopic (exact) mass is 439 g/mol. The van der Waals surface area contributed by atoms with Gasteiger partial charge in [-0.3, -0.25) is 14.6 Å². The number of benzene rings is 2. The van der Waals surface area contributed by atoms with Crippen LogP contribution in [-0.4, -0.2) is 76.0 Å². The molecule has 2 N–H and O–H groups in total. The summed E-state index contributed by atoms with van der Waals surface area (Å²) in [5, 5.41) is 6.56. The van der Waals surface area contributed by atoms with Crippen molar-refractivity contribution in [2.24, 2.45) is 4.99 Å². The molecule has 0 spiro atoms. The maximum Gasteiger partial charge on any atom is 0.259 e. The SMILES string of the molecule is CN=C(NCCc1cccc(C(=O)N(C)C)c1)NCc1cccc(OCC(=O)N(C)C)c1. The standard InChI is InChI=1S/C24H33N5O3/c1-25-24(26-13-12-18-8-6-10-20(14-18)23(31)29(4)5)27-16-19-9-7-11-21(15-19)32-17-22(30)28(2)3/h6-11,14-15H,12-13,16-17H2,1-5H3,(H2,25,26,27). The van der Waals surface area contributed by atoms with Crippen molar-refractivity contribution < 1.29 is 14.3 Å². The van der Waals surface area contributed by atoms with Crippen LogP contribution in [0.15, 0.2) is 53.5 Å². The normalized spacial score (nSPS) is 11.0. The molecule has 2 aromatic carbocycles. The fourth-order valence-corrected chi connectivity index (χ4v) is 2.87. The summed E-state index contributed by atoms with van der Waals surface area (Å²) in [6, 6.07) is 15.3. The van der Waals surface area contributed by atoms with Crippen molar-refractivity contribution in [3.63, 3.8) is 0 Å². The van der Waals surface area contributed by atoms with Crippen LogP contribution in [-0.2, 0) is 17.8 Å². The van der Waals surface area contributed by atoms with Gasteiger partial charge in [-0.25, -0.2) is 0 Å². The minimum atomic E-state index is -0.0882. The Kier molecular flexibility index (Phi) is 9.53. The number of rotatable bonds is 9. The van der Waals surface area contributed by atoms with Crippen molar-refractivity contribution in [3.8, 4) is 5.75 Å². The van der Waals surface area contributed by atoms with E-state index in [-0.39, 0.29) is 18.4 Å². The summed E-state index contributed by atoms with van der Waals surface area (Å²) < 4.78 is 5.57. The third kappa shape index (κ3) is 7.94. The third-order valence-corrected chi connectivity index (χ3v) is 4.73. The second kappa shape index (κ2) is 12.3. The highest BCUT2D eigenvalue weighted by Crippen LogP contribution is 2.13. The van der Waals surface area contributed by atoms with E-state index < -0.39 is 0 Å². The Morgan fingerprint density at radius 2 is 1.66 bits per heavy atom. The van der Waals surface area contributed by atoms with Crippen molar-refractivity contribution >= 4 is 17.8 Å². The van der Waals surface area contributed by atoms with Gasteiger partial charge in [-0.1, -0.05) is 24.3 Å². The van der Waals surface area contributed by atoms with Gasteiger partial charge < -0.3 is 25.2 Å². The molecular weight excluding hydrogens is 406 g/mol. The molecule has 0 saturated carbocycles. The van der Waals surface area contributed by atoms with Crippen LogP contribution < -0.4 is 15.4 Å². The molecule has 0 bridgehead atoms. The molecule has 0 aliphatic carbocycles. The summed E-state index contributed by atoms with van der Waals surface area (Å²) in [6.45, 7) is 1.24. The molecule has 0 radical (unpaired) electrons. The Hall–Kier alpha value is -3.55. The lowest BCUT2D eigenvalue weighted by Crippen LogP contribution is -2.37. The summed E-state index contributed by atoms with van der Waals surface area (Å²) in [5.74, 6) is 1.23. The number of likely N-dealkylation sites (N-methyl/N-ethyl adjacent to an activating group) is 1. The third-order valence-electron chi connectivity index (χ3n) is 4.73. The summed E-state index contributed by atoms with van der Waals surface area (Å²) in [7, 11) is 8.61. The van der Waals surface area contributed by atoms with Crippen molar-refractivity contribution in [2.45, 2.75) is 13.0 Å². The van der Waals surface area contributed by atoms with Crippen molar-refractivity contribution in [1.29, 1.82) is 0 Å². The molecule has 0 fully saturated rings. The number of ether oxygens (including phenoxy) is 1. The van der Waals surface area contributed by atoms with Gasteiger partial charge in [0, 0.05) is 53.9 Å². The largest absolute Gasteiger partial charge is 0.484 e. The molecule has 0 saturated heterocycles. The van der Waals surface area contributed by atoms with E-state index in [4.69, 9.17) is 4.74 Å². The van der Waals surface area contributed by atoms with Crippen LogP contribution in [0.5, 0.6) is 5.75 Å². The smallest absolute Gasteiger partial charge is 0.259 e. The Labute approximate surface area is 190 Å². The number of carbonyl (C=O) groups excluding carboxylic acids is 2. The first kappa shape index (κ1) is 24.7. The molecule has 0 heterocycles. The highest BCUT2D eigenvalue weighted by Gasteiger charge is 2.08. The van der Waals surface area contributed by atoms with Gasteiger partial charge in [-0.15, -0.1) is 0 Å². The Morgan fingerprint density at radius 3 is 2.34 bits per heavy atom. The minimum Gasteiger partial charge on any atom is -0.484 e. The van der Waals surface area contributed by atoms with E-state index in [2.05, 4.69) is 15.6 Å². The van der Waals surface area contributed by atoms with E-state index in [1.165, 1.54) is 4.90 Å². The van der Waals surface area contributed by atoms with E-state index in [0.717, 1.165) is 17.5 Å². The molecule has 172 valence electrons. The number of hydrogen-bond donors (Lipinski definition) is 2. The van der Waals surface area contributed by atoms with E-state index >= 15 is 0 Å². The summed E-state index contributed by atoms with van der Waals surface area (Å²) >= 11 is 0. The first-order chi connectivity index (χ1) is 15.3. The van der Waals surface area contributed by atoms with Crippen molar-refractivity contribution in [2.75, 3.05) is 48.4 Å². The molecule has 8 heteroatoms. The van der Waals surface area contributed by atoms with Crippen LogP contribution >= 0.6 is 0 Å². The molecule has 0 aliphatic rings. The van der Waals surface area contributed by atoms with Gasteiger partial charge in [0.1, 0.15) is 5.75 Å². The zero-order valence-corrected chi connectivity index (χ0v) is 19.5. The number of amides is 2. The van der Waals surface area contributed by atoms with Crippen LogP contribution in [0.2, 0.25) is 0 Å². The Bertz CT molecular complexity index is 941. The molecule has 0 unspecified atom stereocenters. The van der Waals surface area contributed by atoms with Gasteiger partial charge in [0.15, 0.2) is 12.6 Å². The highest BCUT2D eigenvalue weighted by atomic mass is 16.5. The fourth-order valence-electron chi connectivity index (χ4n) is 2.87. The maximum absolute atomic E-state index is 12.1. The quantitative estimate of drug-likeness (QED) is 0.459. The molecule has 2 rings (SSSR count). The molecule has 32 heavy (non-hydrogen) atoms. The molecule has 0 atom stereocenters. The molecular formula is C24H33N5O3. The zero-order valence-electron chi connectivity index (χ0n) is 19.5. The lowest BCUT2D eigenvalue weighted by molar-refractivity contribution is -0.130. The fraction of sp³-hybridized carbons (Fsp3) is 0.375. The van der Waals surface area contributed by atoms with Gasteiger partial charge in [-0.05, 0) is 41.8 Å². The zero-order chi connectivity index (χ0) is 23.5. The second-order valence-corrected chi connectivity index (χ2v) is 7.73. The van der Waals surface area contributed by atoms with Crippen LogP contribution in [0, 0.1) is 0 Å². The van der Waals surface area contributed by atoms with Gasteiger partial charge in [0.25, 0.3) is 11.8 Å². The Morgan fingerprint density at radius 1 is 0.938 bits per heavy atom. The number of carbonyl (C=O) groups is 2. The number of nitrogens with one attached hydrogen (secondary N) is 2. The lowest BCUT2D eigenvalue weighted by Gasteiger charge is -2.14. The predicted octanol–water partition coefficient (Wildman–Crippen LogP) is 1.76. The van der Waals surface area contributed by atoms with Gasteiger partial charge in [0.05, 0.1) is 0 Å². The van der Waals surface area contributed by atoms with Crippen LogP contribution in [0.25, 0.3) is 0 Å². The van der Waals surface area contributed by atoms with E-state index in [0.29, 0.717) is 30.4 Å². The van der Waals surface area contributed by atoms with Crippen LogP contribution in [0.1, 0.15) is 21.5 Å². The lowest BCUT2D eigenvalue weighted by atomic mass is 10.1.